The molecule has 0 radical (unpaired) electrons. The zero-order valence-electron chi connectivity index (χ0n) is 17.2. The molecule has 6 nitrogen and oxygen atoms in total. The Morgan fingerprint density at radius 1 is 1.07 bits per heavy atom. The lowest BCUT2D eigenvalue weighted by atomic mass is 9.99. The molecule has 158 valence electrons. The Morgan fingerprint density at radius 3 is 2.37 bits per heavy atom. The molecule has 0 amide bonds. The summed E-state index contributed by atoms with van der Waals surface area (Å²) < 4.78 is 38.1. The lowest BCUT2D eigenvalue weighted by Crippen LogP contribution is -2.33. The van der Waals surface area contributed by atoms with E-state index >= 15 is 0 Å². The van der Waals surface area contributed by atoms with E-state index in [1.165, 1.54) is 0 Å². The summed E-state index contributed by atoms with van der Waals surface area (Å²) in [6.45, 7) is 3.73. The zero-order chi connectivity index (χ0) is 21.1. The monoisotopic (exact) mass is 426 g/mol. The SMILES string of the molecule is COc1ccc(S(=O)(=O)c2nc(Cc3ccccc3)oc2N2CCC(C)CC2)cc1. The number of oxazole rings is 1. The molecule has 3 aromatic rings. The van der Waals surface area contributed by atoms with E-state index in [4.69, 9.17) is 9.15 Å². The first-order valence-corrected chi connectivity index (χ1v) is 11.6. The summed E-state index contributed by atoms with van der Waals surface area (Å²) in [5.41, 5.74) is 1.02. The highest BCUT2D eigenvalue weighted by Crippen LogP contribution is 2.34. The highest BCUT2D eigenvalue weighted by Gasteiger charge is 2.32. The molecule has 2 aromatic carbocycles. The molecule has 1 aliphatic heterocycles. The first kappa shape index (κ1) is 20.5. The minimum Gasteiger partial charge on any atom is -0.497 e. The molecule has 0 atom stereocenters. The van der Waals surface area contributed by atoms with Crippen molar-refractivity contribution in [2.24, 2.45) is 5.92 Å². The lowest BCUT2D eigenvalue weighted by molar-refractivity contribution is 0.408. The number of methoxy groups -OCH3 is 1. The molecule has 0 saturated carbocycles. The molecular formula is C23H26N2O4S. The highest BCUT2D eigenvalue weighted by molar-refractivity contribution is 7.91. The number of nitrogens with zero attached hydrogens (tertiary/aromatic N) is 2. The third kappa shape index (κ3) is 4.21. The van der Waals surface area contributed by atoms with Crippen molar-refractivity contribution in [1.29, 1.82) is 0 Å². The smallest absolute Gasteiger partial charge is 0.236 e. The average Bonchev–Trinajstić information content (AvgIpc) is 3.19. The van der Waals surface area contributed by atoms with Gasteiger partial charge < -0.3 is 14.1 Å². The molecule has 0 spiro atoms. The molecule has 1 aromatic heterocycles. The van der Waals surface area contributed by atoms with E-state index in [-0.39, 0.29) is 9.92 Å². The minimum atomic E-state index is -3.83. The second-order valence-corrected chi connectivity index (χ2v) is 9.59. The van der Waals surface area contributed by atoms with Gasteiger partial charge in [0, 0.05) is 19.5 Å². The number of rotatable bonds is 6. The maximum Gasteiger partial charge on any atom is 0.236 e. The van der Waals surface area contributed by atoms with Crippen LogP contribution >= 0.6 is 0 Å². The van der Waals surface area contributed by atoms with E-state index in [2.05, 4.69) is 11.9 Å². The number of sulfone groups is 1. The third-order valence-corrected chi connectivity index (χ3v) is 7.18. The number of hydrogen-bond donors (Lipinski definition) is 0. The van der Waals surface area contributed by atoms with Crippen molar-refractivity contribution in [3.8, 4) is 5.75 Å². The Kier molecular flexibility index (Phi) is 5.81. The van der Waals surface area contributed by atoms with Gasteiger partial charge in [-0.3, -0.25) is 0 Å². The summed E-state index contributed by atoms with van der Waals surface area (Å²) in [5.74, 6) is 1.98. The van der Waals surface area contributed by atoms with Crippen LogP contribution in [0.3, 0.4) is 0 Å². The van der Waals surface area contributed by atoms with Crippen LogP contribution in [0.2, 0.25) is 0 Å². The Hall–Kier alpha value is -2.80. The van der Waals surface area contributed by atoms with Crippen molar-refractivity contribution in [2.45, 2.75) is 36.1 Å². The van der Waals surface area contributed by atoms with Gasteiger partial charge in [-0.1, -0.05) is 37.3 Å². The van der Waals surface area contributed by atoms with Crippen molar-refractivity contribution >= 4 is 15.7 Å². The van der Waals surface area contributed by atoms with E-state index < -0.39 is 9.84 Å². The van der Waals surface area contributed by atoms with Crippen LogP contribution in [-0.2, 0) is 16.3 Å². The highest BCUT2D eigenvalue weighted by atomic mass is 32.2. The van der Waals surface area contributed by atoms with Gasteiger partial charge in [0.25, 0.3) is 0 Å². The summed E-state index contributed by atoms with van der Waals surface area (Å²) in [4.78, 5) is 6.65. The predicted molar refractivity (Wildman–Crippen MR) is 115 cm³/mol. The van der Waals surface area contributed by atoms with Gasteiger partial charge >= 0.3 is 0 Å². The minimum absolute atomic E-state index is 0.00634. The topological polar surface area (TPSA) is 72.6 Å². The Bertz CT molecular complexity index is 1080. The second-order valence-electron chi connectivity index (χ2n) is 7.73. The van der Waals surface area contributed by atoms with Crippen molar-refractivity contribution in [1.82, 2.24) is 4.98 Å². The molecular weight excluding hydrogens is 400 g/mol. The summed E-state index contributed by atoms with van der Waals surface area (Å²) in [5, 5.41) is -0.00634. The van der Waals surface area contributed by atoms with Crippen molar-refractivity contribution in [2.75, 3.05) is 25.1 Å². The Labute approximate surface area is 177 Å². The fraction of sp³-hybridized carbons (Fsp3) is 0.348. The number of benzene rings is 2. The number of ether oxygens (including phenoxy) is 1. The van der Waals surface area contributed by atoms with Crippen LogP contribution < -0.4 is 9.64 Å². The lowest BCUT2D eigenvalue weighted by Gasteiger charge is -2.30. The van der Waals surface area contributed by atoms with Crippen LogP contribution in [0.4, 0.5) is 5.88 Å². The molecule has 1 aliphatic rings. The molecule has 7 heteroatoms. The quantitative estimate of drug-likeness (QED) is 0.584. The molecule has 0 aliphatic carbocycles. The molecule has 0 bridgehead atoms. The Morgan fingerprint density at radius 2 is 1.73 bits per heavy atom. The molecule has 0 unspecified atom stereocenters. The van der Waals surface area contributed by atoms with Crippen molar-refractivity contribution < 1.29 is 17.6 Å². The number of anilines is 1. The number of piperidine rings is 1. The van der Waals surface area contributed by atoms with Gasteiger partial charge in [-0.05, 0) is 48.6 Å². The van der Waals surface area contributed by atoms with Crippen LogP contribution in [0.1, 0.15) is 31.2 Å². The standard InChI is InChI=1S/C23H26N2O4S/c1-17-12-14-25(15-13-17)23-22(24-21(29-23)16-18-6-4-3-5-7-18)30(26,27)20-10-8-19(28-2)9-11-20/h3-11,17H,12-16H2,1-2H3. The van der Waals surface area contributed by atoms with Crippen LogP contribution in [0.15, 0.2) is 68.9 Å². The van der Waals surface area contributed by atoms with Gasteiger partial charge in [-0.15, -0.1) is 0 Å². The van der Waals surface area contributed by atoms with Crippen LogP contribution in [-0.4, -0.2) is 33.6 Å². The number of hydrogen-bond acceptors (Lipinski definition) is 6. The van der Waals surface area contributed by atoms with E-state index in [0.717, 1.165) is 31.5 Å². The van der Waals surface area contributed by atoms with E-state index in [9.17, 15) is 8.42 Å². The van der Waals surface area contributed by atoms with Crippen LogP contribution in [0, 0.1) is 5.92 Å². The van der Waals surface area contributed by atoms with Crippen LogP contribution in [0.5, 0.6) is 5.75 Å². The number of aromatic nitrogens is 1. The first-order chi connectivity index (χ1) is 14.5. The van der Waals surface area contributed by atoms with Gasteiger partial charge in [0.1, 0.15) is 5.75 Å². The molecule has 4 rings (SSSR count). The summed E-state index contributed by atoms with van der Waals surface area (Å²) in [6, 6.07) is 16.2. The van der Waals surface area contributed by atoms with E-state index in [0.29, 0.717) is 29.9 Å². The van der Waals surface area contributed by atoms with Crippen LogP contribution in [0.25, 0.3) is 0 Å². The largest absolute Gasteiger partial charge is 0.497 e. The Balaban J connectivity index is 1.73. The van der Waals surface area contributed by atoms with Gasteiger partial charge in [-0.25, -0.2) is 8.42 Å². The second kappa shape index (κ2) is 8.52. The fourth-order valence-corrected chi connectivity index (χ4v) is 4.98. The van der Waals surface area contributed by atoms with Gasteiger partial charge in [0.2, 0.25) is 26.6 Å². The van der Waals surface area contributed by atoms with Gasteiger partial charge in [0.05, 0.1) is 12.0 Å². The molecule has 1 fully saturated rings. The van der Waals surface area contributed by atoms with Crippen molar-refractivity contribution in [3.05, 3.63) is 66.1 Å². The van der Waals surface area contributed by atoms with Gasteiger partial charge in [-0.2, -0.15) is 4.98 Å². The third-order valence-electron chi connectivity index (χ3n) is 5.52. The summed E-state index contributed by atoms with van der Waals surface area (Å²) >= 11 is 0. The molecule has 30 heavy (non-hydrogen) atoms. The van der Waals surface area contributed by atoms with Gasteiger partial charge in [0.15, 0.2) is 0 Å². The summed E-state index contributed by atoms with van der Waals surface area (Å²) in [7, 11) is -2.28. The zero-order valence-corrected chi connectivity index (χ0v) is 18.1. The van der Waals surface area contributed by atoms with Crippen molar-refractivity contribution in [3.63, 3.8) is 0 Å². The first-order valence-electron chi connectivity index (χ1n) is 10.1. The molecule has 0 N–H and O–H groups in total. The van der Waals surface area contributed by atoms with E-state index in [1.54, 1.807) is 31.4 Å². The molecule has 2 heterocycles. The predicted octanol–water partition coefficient (Wildman–Crippen LogP) is 4.34. The molecule has 1 saturated heterocycles. The maximum atomic E-state index is 13.4. The van der Waals surface area contributed by atoms with E-state index in [1.807, 2.05) is 35.2 Å². The maximum absolute atomic E-state index is 13.4. The summed E-state index contributed by atoms with van der Waals surface area (Å²) in [6.07, 6.45) is 2.43. The fourth-order valence-electron chi connectivity index (χ4n) is 3.64. The normalized spacial score (nSPS) is 15.3. The average molecular weight is 427 g/mol.